The third-order valence-electron chi connectivity index (χ3n) is 4.07. The zero-order valence-electron chi connectivity index (χ0n) is 12.7. The second-order valence-corrected chi connectivity index (χ2v) is 6.12. The van der Waals surface area contributed by atoms with Crippen molar-refractivity contribution in [2.75, 3.05) is 20.1 Å². The number of aryl methyl sites for hydroxylation is 1. The van der Waals surface area contributed by atoms with E-state index < -0.39 is 0 Å². The first-order chi connectivity index (χ1) is 9.08. The van der Waals surface area contributed by atoms with Gasteiger partial charge in [-0.05, 0) is 50.9 Å². The molecule has 0 bridgehead atoms. The first kappa shape index (κ1) is 14.5. The summed E-state index contributed by atoms with van der Waals surface area (Å²) in [5.41, 5.74) is 2.46. The number of rotatable bonds is 4. The summed E-state index contributed by atoms with van der Waals surface area (Å²) in [5.74, 6) is 0.686. The van der Waals surface area contributed by atoms with Crippen LogP contribution in [0.25, 0.3) is 0 Å². The zero-order chi connectivity index (χ0) is 13.8. The van der Waals surface area contributed by atoms with Gasteiger partial charge in [-0.15, -0.1) is 0 Å². The van der Waals surface area contributed by atoms with E-state index in [0.717, 1.165) is 12.2 Å². The predicted octanol–water partition coefficient (Wildman–Crippen LogP) is 2.77. The molecule has 1 aromatic heterocycles. The van der Waals surface area contributed by atoms with Crippen molar-refractivity contribution in [1.29, 1.82) is 0 Å². The van der Waals surface area contributed by atoms with E-state index in [1.165, 1.54) is 24.9 Å². The minimum atomic E-state index is 0.507. The van der Waals surface area contributed by atoms with Crippen molar-refractivity contribution < 1.29 is 0 Å². The van der Waals surface area contributed by atoms with Gasteiger partial charge in [-0.25, -0.2) is 0 Å². The van der Waals surface area contributed by atoms with E-state index in [1.54, 1.807) is 0 Å². The molecule has 19 heavy (non-hydrogen) atoms. The van der Waals surface area contributed by atoms with Crippen LogP contribution in [0.2, 0.25) is 0 Å². The lowest BCUT2D eigenvalue weighted by atomic mass is 9.85. The Morgan fingerprint density at radius 1 is 1.42 bits per heavy atom. The highest BCUT2D eigenvalue weighted by Crippen LogP contribution is 2.34. The summed E-state index contributed by atoms with van der Waals surface area (Å²) in [5, 5.41) is 3.60. The number of hydrogen-bond acceptors (Lipinski definition) is 3. The molecule has 1 fully saturated rings. The summed E-state index contributed by atoms with van der Waals surface area (Å²) in [7, 11) is 2.24. The normalized spacial score (nSPS) is 24.9. The van der Waals surface area contributed by atoms with Crippen molar-refractivity contribution in [2.24, 2.45) is 5.92 Å². The minimum Gasteiger partial charge on any atom is -0.314 e. The van der Waals surface area contributed by atoms with Gasteiger partial charge in [-0.3, -0.25) is 9.88 Å². The van der Waals surface area contributed by atoms with Gasteiger partial charge in [0.05, 0.1) is 0 Å². The molecule has 3 nitrogen and oxygen atoms in total. The molecule has 2 unspecified atom stereocenters. The highest BCUT2D eigenvalue weighted by molar-refractivity contribution is 5.19. The lowest BCUT2D eigenvalue weighted by Crippen LogP contribution is -2.41. The highest BCUT2D eigenvalue weighted by atomic mass is 15.1. The fourth-order valence-corrected chi connectivity index (χ4v) is 3.04. The molecule has 0 amide bonds. The molecular weight excluding hydrogens is 234 g/mol. The average Bonchev–Trinajstić information content (AvgIpc) is 2.38. The molecule has 1 saturated heterocycles. The smallest absolute Gasteiger partial charge is 0.0400 e. The lowest BCUT2D eigenvalue weighted by Gasteiger charge is -2.40. The van der Waals surface area contributed by atoms with Crippen LogP contribution in [0.1, 0.15) is 44.0 Å². The molecule has 0 aromatic carbocycles. The number of aromatic nitrogens is 1. The van der Waals surface area contributed by atoms with Gasteiger partial charge in [0.25, 0.3) is 0 Å². The first-order valence-electron chi connectivity index (χ1n) is 7.44. The molecule has 1 aliphatic rings. The van der Waals surface area contributed by atoms with E-state index >= 15 is 0 Å². The van der Waals surface area contributed by atoms with Crippen molar-refractivity contribution in [1.82, 2.24) is 15.2 Å². The van der Waals surface area contributed by atoms with Crippen LogP contribution < -0.4 is 5.32 Å². The Hall–Kier alpha value is -0.930. The standard InChI is InChI=1S/C16H27N3/c1-12(2)17-10-14-6-5-9-19(4)16(14)15-8-7-13(3)18-11-15/h7-8,11-12,14,16-17H,5-6,9-10H2,1-4H3. The van der Waals surface area contributed by atoms with Crippen molar-refractivity contribution in [3.05, 3.63) is 29.6 Å². The monoisotopic (exact) mass is 261 g/mol. The Bertz CT molecular complexity index is 385. The summed E-state index contributed by atoms with van der Waals surface area (Å²) in [6.45, 7) is 8.77. The molecule has 1 aliphatic heterocycles. The van der Waals surface area contributed by atoms with Gasteiger partial charge in [0.2, 0.25) is 0 Å². The Morgan fingerprint density at radius 3 is 2.84 bits per heavy atom. The minimum absolute atomic E-state index is 0.507. The molecule has 106 valence electrons. The molecule has 2 heterocycles. The molecule has 2 atom stereocenters. The summed E-state index contributed by atoms with van der Waals surface area (Å²) in [4.78, 5) is 6.96. The van der Waals surface area contributed by atoms with E-state index in [4.69, 9.17) is 0 Å². The van der Waals surface area contributed by atoms with Crippen LogP contribution in [-0.4, -0.2) is 36.1 Å². The molecular formula is C16H27N3. The summed E-state index contributed by atoms with van der Waals surface area (Å²) in [6.07, 6.45) is 4.67. The molecule has 1 aromatic rings. The Kier molecular flexibility index (Phi) is 4.94. The van der Waals surface area contributed by atoms with Crippen molar-refractivity contribution in [3.8, 4) is 0 Å². The van der Waals surface area contributed by atoms with Gasteiger partial charge in [0.1, 0.15) is 0 Å². The topological polar surface area (TPSA) is 28.2 Å². The number of nitrogens with one attached hydrogen (secondary N) is 1. The van der Waals surface area contributed by atoms with Crippen LogP contribution >= 0.6 is 0 Å². The van der Waals surface area contributed by atoms with Crippen LogP contribution in [-0.2, 0) is 0 Å². The van der Waals surface area contributed by atoms with Gasteiger partial charge in [-0.1, -0.05) is 19.9 Å². The van der Waals surface area contributed by atoms with Crippen molar-refractivity contribution in [3.63, 3.8) is 0 Å². The number of hydrogen-bond donors (Lipinski definition) is 1. The number of nitrogens with zero attached hydrogens (tertiary/aromatic N) is 2. The molecule has 3 heteroatoms. The average molecular weight is 261 g/mol. The molecule has 0 aliphatic carbocycles. The van der Waals surface area contributed by atoms with Gasteiger partial charge < -0.3 is 5.32 Å². The van der Waals surface area contributed by atoms with E-state index in [-0.39, 0.29) is 0 Å². The fourth-order valence-electron chi connectivity index (χ4n) is 3.04. The predicted molar refractivity (Wildman–Crippen MR) is 80.2 cm³/mol. The van der Waals surface area contributed by atoms with Crippen LogP contribution in [0, 0.1) is 12.8 Å². The van der Waals surface area contributed by atoms with Crippen molar-refractivity contribution >= 4 is 0 Å². The Balaban J connectivity index is 2.13. The van der Waals surface area contributed by atoms with Gasteiger partial charge >= 0.3 is 0 Å². The van der Waals surface area contributed by atoms with Crippen LogP contribution in [0.3, 0.4) is 0 Å². The summed E-state index contributed by atoms with van der Waals surface area (Å²) >= 11 is 0. The zero-order valence-corrected chi connectivity index (χ0v) is 12.7. The summed E-state index contributed by atoms with van der Waals surface area (Å²) in [6, 6.07) is 5.44. The molecule has 0 radical (unpaired) electrons. The van der Waals surface area contributed by atoms with Gasteiger partial charge in [0.15, 0.2) is 0 Å². The molecule has 0 spiro atoms. The lowest BCUT2D eigenvalue weighted by molar-refractivity contribution is 0.118. The van der Waals surface area contributed by atoms with E-state index in [1.807, 2.05) is 6.92 Å². The highest BCUT2D eigenvalue weighted by Gasteiger charge is 2.30. The maximum absolute atomic E-state index is 4.47. The van der Waals surface area contributed by atoms with Gasteiger partial charge in [0, 0.05) is 30.5 Å². The maximum Gasteiger partial charge on any atom is 0.0400 e. The van der Waals surface area contributed by atoms with Crippen LogP contribution in [0.4, 0.5) is 0 Å². The Labute approximate surface area is 117 Å². The third kappa shape index (κ3) is 3.77. The van der Waals surface area contributed by atoms with E-state index in [9.17, 15) is 0 Å². The Morgan fingerprint density at radius 2 is 2.21 bits per heavy atom. The summed E-state index contributed by atoms with van der Waals surface area (Å²) < 4.78 is 0. The number of piperidine rings is 1. The molecule has 1 N–H and O–H groups in total. The quantitative estimate of drug-likeness (QED) is 0.903. The van der Waals surface area contributed by atoms with Crippen LogP contribution in [0.15, 0.2) is 18.3 Å². The first-order valence-corrected chi connectivity index (χ1v) is 7.44. The fraction of sp³-hybridized carbons (Fsp3) is 0.688. The number of pyridine rings is 1. The second-order valence-electron chi connectivity index (χ2n) is 6.12. The van der Waals surface area contributed by atoms with E-state index in [0.29, 0.717) is 18.0 Å². The maximum atomic E-state index is 4.47. The molecule has 0 saturated carbocycles. The second kappa shape index (κ2) is 6.49. The van der Waals surface area contributed by atoms with Crippen molar-refractivity contribution in [2.45, 2.75) is 45.7 Å². The van der Waals surface area contributed by atoms with Gasteiger partial charge in [-0.2, -0.15) is 0 Å². The third-order valence-corrected chi connectivity index (χ3v) is 4.07. The van der Waals surface area contributed by atoms with E-state index in [2.05, 4.69) is 54.4 Å². The SMILES string of the molecule is Cc1ccc(C2C(CNC(C)C)CCCN2C)cn1. The van der Waals surface area contributed by atoms with Crippen LogP contribution in [0.5, 0.6) is 0 Å². The molecule has 2 rings (SSSR count). The number of likely N-dealkylation sites (tertiary alicyclic amines) is 1. The largest absolute Gasteiger partial charge is 0.314 e.